The van der Waals surface area contributed by atoms with Crippen molar-refractivity contribution in [1.29, 1.82) is 0 Å². The number of carbonyl (C=O) groups is 1. The Hall–Kier alpha value is -1.83. The first-order valence-corrected chi connectivity index (χ1v) is 6.81. The summed E-state index contributed by atoms with van der Waals surface area (Å²) in [6, 6.07) is 9.93. The summed E-state index contributed by atoms with van der Waals surface area (Å²) in [5, 5.41) is 0. The average molecular weight is 258 g/mol. The smallest absolute Gasteiger partial charge is 0.331 e. The molecule has 1 aromatic rings. The van der Waals surface area contributed by atoms with E-state index >= 15 is 0 Å². The number of rotatable bonds is 7. The third-order valence-electron chi connectivity index (χ3n) is 2.89. The molecular formula is C17H22O2. The van der Waals surface area contributed by atoms with Gasteiger partial charge < -0.3 is 4.74 Å². The molecule has 2 heteroatoms. The van der Waals surface area contributed by atoms with Gasteiger partial charge in [-0.2, -0.15) is 0 Å². The van der Waals surface area contributed by atoms with Gasteiger partial charge in [0.1, 0.15) is 0 Å². The average Bonchev–Trinajstić information content (AvgIpc) is 2.44. The van der Waals surface area contributed by atoms with Gasteiger partial charge in [-0.1, -0.05) is 50.3 Å². The van der Waals surface area contributed by atoms with Crippen LogP contribution in [0, 0.1) is 0 Å². The highest BCUT2D eigenvalue weighted by Crippen LogP contribution is 2.25. The van der Waals surface area contributed by atoms with E-state index in [1.807, 2.05) is 37.3 Å². The maximum Gasteiger partial charge on any atom is 0.331 e. The van der Waals surface area contributed by atoms with Crippen molar-refractivity contribution < 1.29 is 9.53 Å². The minimum absolute atomic E-state index is 0.286. The molecule has 1 rings (SSSR count). The van der Waals surface area contributed by atoms with Crippen LogP contribution in [-0.2, 0) is 9.53 Å². The summed E-state index contributed by atoms with van der Waals surface area (Å²) in [7, 11) is 0. The zero-order chi connectivity index (χ0) is 14.1. The van der Waals surface area contributed by atoms with Crippen LogP contribution in [0.3, 0.4) is 0 Å². The Bertz CT molecular complexity index is 444. The number of carbonyl (C=O) groups excluding carboxylic acids is 1. The topological polar surface area (TPSA) is 26.3 Å². The zero-order valence-electron chi connectivity index (χ0n) is 11.8. The number of ether oxygens (including phenoxy) is 1. The van der Waals surface area contributed by atoms with Crippen molar-refractivity contribution in [3.63, 3.8) is 0 Å². The molecule has 0 atom stereocenters. The molecule has 102 valence electrons. The van der Waals surface area contributed by atoms with E-state index in [9.17, 15) is 4.79 Å². The van der Waals surface area contributed by atoms with Gasteiger partial charge >= 0.3 is 5.97 Å². The normalized spacial score (nSPS) is 11.2. The molecular weight excluding hydrogens is 236 g/mol. The molecule has 0 heterocycles. The zero-order valence-corrected chi connectivity index (χ0v) is 11.8. The lowest BCUT2D eigenvalue weighted by molar-refractivity contribution is -0.137. The molecule has 2 nitrogen and oxygen atoms in total. The van der Waals surface area contributed by atoms with Crippen molar-refractivity contribution in [1.82, 2.24) is 0 Å². The molecule has 0 aromatic heterocycles. The second-order valence-corrected chi connectivity index (χ2v) is 4.37. The molecule has 0 aliphatic rings. The number of allylic oxidation sites excluding steroid dienone is 2. The summed E-state index contributed by atoms with van der Waals surface area (Å²) in [5.41, 5.74) is 2.92. The lowest BCUT2D eigenvalue weighted by Gasteiger charge is -2.11. The van der Waals surface area contributed by atoms with Gasteiger partial charge in [-0.15, -0.1) is 0 Å². The highest BCUT2D eigenvalue weighted by molar-refractivity contribution is 5.89. The molecule has 0 aliphatic carbocycles. The fourth-order valence-corrected chi connectivity index (χ4v) is 1.83. The van der Waals surface area contributed by atoms with Gasteiger partial charge in [0.25, 0.3) is 0 Å². The first-order chi connectivity index (χ1) is 9.19. The predicted octanol–water partition coefficient (Wildman–Crippen LogP) is 4.38. The Morgan fingerprint density at radius 2 is 1.95 bits per heavy atom. The van der Waals surface area contributed by atoms with Crippen LogP contribution in [0.25, 0.3) is 5.57 Å². The molecule has 0 saturated heterocycles. The molecule has 0 fully saturated rings. The van der Waals surface area contributed by atoms with Crippen LogP contribution in [0.2, 0.25) is 0 Å². The molecule has 0 spiro atoms. The fraction of sp³-hybridized carbons (Fsp3) is 0.353. The Balaban J connectivity index is 2.90. The van der Waals surface area contributed by atoms with Crippen LogP contribution >= 0.6 is 0 Å². The van der Waals surface area contributed by atoms with Crippen molar-refractivity contribution in [3.8, 4) is 0 Å². The second-order valence-electron chi connectivity index (χ2n) is 4.37. The van der Waals surface area contributed by atoms with E-state index in [1.165, 1.54) is 0 Å². The van der Waals surface area contributed by atoms with Crippen LogP contribution in [-0.4, -0.2) is 12.6 Å². The molecule has 0 amide bonds. The number of hydrogen-bond donors (Lipinski definition) is 0. The van der Waals surface area contributed by atoms with Crippen molar-refractivity contribution >= 4 is 11.5 Å². The Morgan fingerprint density at radius 1 is 1.26 bits per heavy atom. The van der Waals surface area contributed by atoms with Crippen LogP contribution in [0.4, 0.5) is 0 Å². The first kappa shape index (κ1) is 15.2. The van der Waals surface area contributed by atoms with E-state index in [2.05, 4.69) is 13.5 Å². The second kappa shape index (κ2) is 8.30. The summed E-state index contributed by atoms with van der Waals surface area (Å²) in [4.78, 5) is 11.6. The lowest BCUT2D eigenvalue weighted by Crippen LogP contribution is -2.02. The number of unbranched alkanes of at least 4 members (excludes halogenated alkanes) is 1. The van der Waals surface area contributed by atoms with Gasteiger partial charge in [-0.25, -0.2) is 4.79 Å². The van der Waals surface area contributed by atoms with Crippen molar-refractivity contribution in [3.05, 3.63) is 54.1 Å². The summed E-state index contributed by atoms with van der Waals surface area (Å²) in [6.45, 7) is 8.45. The molecule has 0 N–H and O–H groups in total. The van der Waals surface area contributed by atoms with E-state index in [4.69, 9.17) is 4.74 Å². The van der Waals surface area contributed by atoms with Crippen LogP contribution < -0.4 is 0 Å². The molecule has 0 radical (unpaired) electrons. The molecule has 1 aromatic carbocycles. The molecule has 0 bridgehead atoms. The standard InChI is InChI=1S/C17H22O2/c1-4-6-10-16(13-17(18)19-5-2)14(3)15-11-8-7-9-12-15/h7-9,11-13H,3-6,10H2,1-2H3/b16-13+. The Morgan fingerprint density at radius 3 is 2.53 bits per heavy atom. The van der Waals surface area contributed by atoms with E-state index in [0.717, 1.165) is 36.0 Å². The Labute approximate surface area is 115 Å². The van der Waals surface area contributed by atoms with Gasteiger partial charge in [-0.05, 0) is 36.5 Å². The summed E-state index contributed by atoms with van der Waals surface area (Å²) < 4.78 is 4.98. The molecule has 0 aliphatic heterocycles. The van der Waals surface area contributed by atoms with Crippen LogP contribution in [0.15, 0.2) is 48.6 Å². The number of benzene rings is 1. The SMILES string of the molecule is C=C(/C(=C/C(=O)OCC)CCCC)c1ccccc1. The molecule has 19 heavy (non-hydrogen) atoms. The van der Waals surface area contributed by atoms with Gasteiger partial charge in [0.15, 0.2) is 0 Å². The number of hydrogen-bond acceptors (Lipinski definition) is 2. The number of esters is 1. The van der Waals surface area contributed by atoms with Crippen molar-refractivity contribution in [2.24, 2.45) is 0 Å². The minimum atomic E-state index is -0.286. The largest absolute Gasteiger partial charge is 0.463 e. The molecule has 0 saturated carbocycles. The maximum atomic E-state index is 11.6. The van der Waals surface area contributed by atoms with Crippen molar-refractivity contribution in [2.75, 3.05) is 6.61 Å². The third-order valence-corrected chi connectivity index (χ3v) is 2.89. The lowest BCUT2D eigenvalue weighted by atomic mass is 9.95. The third kappa shape index (κ3) is 5.12. The summed E-state index contributed by atoms with van der Waals surface area (Å²) >= 11 is 0. The predicted molar refractivity (Wildman–Crippen MR) is 79.7 cm³/mol. The summed E-state index contributed by atoms with van der Waals surface area (Å²) in [5.74, 6) is -0.286. The van der Waals surface area contributed by atoms with Gasteiger partial charge in [-0.3, -0.25) is 0 Å². The van der Waals surface area contributed by atoms with E-state index in [-0.39, 0.29) is 5.97 Å². The first-order valence-electron chi connectivity index (χ1n) is 6.81. The monoisotopic (exact) mass is 258 g/mol. The van der Waals surface area contributed by atoms with Gasteiger partial charge in [0.2, 0.25) is 0 Å². The van der Waals surface area contributed by atoms with E-state index in [0.29, 0.717) is 6.61 Å². The van der Waals surface area contributed by atoms with Gasteiger partial charge in [0.05, 0.1) is 6.61 Å². The maximum absolute atomic E-state index is 11.6. The van der Waals surface area contributed by atoms with E-state index < -0.39 is 0 Å². The van der Waals surface area contributed by atoms with Crippen LogP contribution in [0.5, 0.6) is 0 Å². The van der Waals surface area contributed by atoms with E-state index in [1.54, 1.807) is 6.08 Å². The van der Waals surface area contributed by atoms with Gasteiger partial charge in [0, 0.05) is 6.08 Å². The minimum Gasteiger partial charge on any atom is -0.463 e. The molecule has 0 unspecified atom stereocenters. The fourth-order valence-electron chi connectivity index (χ4n) is 1.83. The Kier molecular flexibility index (Phi) is 6.65. The highest BCUT2D eigenvalue weighted by atomic mass is 16.5. The quantitative estimate of drug-likeness (QED) is 0.412. The van der Waals surface area contributed by atoms with Crippen LogP contribution in [0.1, 0.15) is 38.7 Å². The summed E-state index contributed by atoms with van der Waals surface area (Å²) in [6.07, 6.45) is 4.55. The highest BCUT2D eigenvalue weighted by Gasteiger charge is 2.08. The van der Waals surface area contributed by atoms with Crippen molar-refractivity contribution in [2.45, 2.75) is 33.1 Å².